The highest BCUT2D eigenvalue weighted by atomic mass is 16.6. The third-order valence-electron chi connectivity index (χ3n) is 2.75. The molecule has 2 N–H and O–H groups in total. The lowest BCUT2D eigenvalue weighted by atomic mass is 10.1. The predicted octanol–water partition coefficient (Wildman–Crippen LogP) is 1.77. The second-order valence-corrected chi connectivity index (χ2v) is 4.10. The molecular formula is C13H12N2O4. The Morgan fingerprint density at radius 2 is 1.89 bits per heavy atom. The van der Waals surface area contributed by atoms with Crippen LogP contribution in [0.25, 0.3) is 0 Å². The first-order valence-corrected chi connectivity index (χ1v) is 5.71. The third-order valence-corrected chi connectivity index (χ3v) is 2.75. The summed E-state index contributed by atoms with van der Waals surface area (Å²) in [5, 5.41) is 20.0. The molecule has 6 nitrogen and oxygen atoms in total. The van der Waals surface area contributed by atoms with Crippen LogP contribution in [0.15, 0.2) is 41.2 Å². The first-order chi connectivity index (χ1) is 9.08. The van der Waals surface area contributed by atoms with Crippen LogP contribution in [0.5, 0.6) is 5.75 Å². The van der Waals surface area contributed by atoms with Crippen LogP contribution >= 0.6 is 0 Å². The number of nitro groups is 1. The molecule has 0 fully saturated rings. The van der Waals surface area contributed by atoms with Crippen molar-refractivity contribution in [3.63, 3.8) is 0 Å². The van der Waals surface area contributed by atoms with E-state index in [9.17, 15) is 20.0 Å². The Bertz CT molecular complexity index is 649. The zero-order chi connectivity index (χ0) is 13.8. The summed E-state index contributed by atoms with van der Waals surface area (Å²) < 4.78 is 0. The van der Waals surface area contributed by atoms with Gasteiger partial charge in [-0.2, -0.15) is 0 Å². The molecule has 0 atom stereocenters. The van der Waals surface area contributed by atoms with Crippen molar-refractivity contribution < 1.29 is 10.0 Å². The SMILES string of the molecule is O=c1[nH]c(CCc2ccccc2)cc(O)c1[N+](=O)[O-]. The summed E-state index contributed by atoms with van der Waals surface area (Å²) in [5.41, 5.74) is -0.144. The van der Waals surface area contributed by atoms with Crippen molar-refractivity contribution in [3.05, 3.63) is 68.1 Å². The molecule has 0 amide bonds. The Balaban J connectivity index is 2.19. The minimum atomic E-state index is -0.894. The molecule has 98 valence electrons. The van der Waals surface area contributed by atoms with Gasteiger partial charge >= 0.3 is 11.2 Å². The highest BCUT2D eigenvalue weighted by Gasteiger charge is 2.19. The number of aromatic amines is 1. The van der Waals surface area contributed by atoms with E-state index in [0.717, 1.165) is 5.56 Å². The van der Waals surface area contributed by atoms with Crippen LogP contribution in [0, 0.1) is 10.1 Å². The summed E-state index contributed by atoms with van der Waals surface area (Å²) in [5.74, 6) is -0.600. The molecule has 0 radical (unpaired) electrons. The van der Waals surface area contributed by atoms with Gasteiger partial charge in [0.1, 0.15) is 0 Å². The van der Waals surface area contributed by atoms with Crippen molar-refractivity contribution in [1.29, 1.82) is 0 Å². The Labute approximate surface area is 108 Å². The predicted molar refractivity (Wildman–Crippen MR) is 69.2 cm³/mol. The van der Waals surface area contributed by atoms with Gasteiger partial charge in [-0.05, 0) is 18.4 Å². The molecule has 0 aliphatic heterocycles. The second kappa shape index (κ2) is 5.34. The Hall–Kier alpha value is -2.63. The molecule has 0 spiro atoms. The number of pyridine rings is 1. The average molecular weight is 260 g/mol. The van der Waals surface area contributed by atoms with Gasteiger partial charge in [0, 0.05) is 11.8 Å². The Morgan fingerprint density at radius 3 is 2.47 bits per heavy atom. The van der Waals surface area contributed by atoms with Gasteiger partial charge in [0.05, 0.1) is 4.92 Å². The molecule has 0 saturated carbocycles. The van der Waals surface area contributed by atoms with Crippen LogP contribution in [-0.4, -0.2) is 15.0 Å². The van der Waals surface area contributed by atoms with E-state index in [-0.39, 0.29) is 0 Å². The smallest absolute Gasteiger partial charge is 0.375 e. The van der Waals surface area contributed by atoms with E-state index in [2.05, 4.69) is 4.98 Å². The highest BCUT2D eigenvalue weighted by molar-refractivity contribution is 5.43. The van der Waals surface area contributed by atoms with E-state index in [4.69, 9.17) is 0 Å². The van der Waals surface area contributed by atoms with Gasteiger partial charge in [-0.3, -0.25) is 14.9 Å². The van der Waals surface area contributed by atoms with Crippen LogP contribution in [0.2, 0.25) is 0 Å². The summed E-state index contributed by atoms with van der Waals surface area (Å²) in [4.78, 5) is 23.5. The number of nitrogens with zero attached hydrogens (tertiary/aromatic N) is 1. The quantitative estimate of drug-likeness (QED) is 0.646. The average Bonchev–Trinajstić information content (AvgIpc) is 2.36. The molecular weight excluding hydrogens is 248 g/mol. The third kappa shape index (κ3) is 2.98. The summed E-state index contributed by atoms with van der Waals surface area (Å²) in [7, 11) is 0. The van der Waals surface area contributed by atoms with Gasteiger partial charge in [0.25, 0.3) is 0 Å². The van der Waals surface area contributed by atoms with Crippen LogP contribution in [0.1, 0.15) is 11.3 Å². The van der Waals surface area contributed by atoms with Crippen molar-refractivity contribution in [2.45, 2.75) is 12.8 Å². The summed E-state index contributed by atoms with van der Waals surface area (Å²) in [6, 6.07) is 10.8. The monoisotopic (exact) mass is 260 g/mol. The van der Waals surface area contributed by atoms with Gasteiger partial charge in [-0.15, -0.1) is 0 Å². The normalized spacial score (nSPS) is 10.3. The van der Waals surface area contributed by atoms with E-state index < -0.39 is 21.9 Å². The number of benzene rings is 1. The Morgan fingerprint density at radius 1 is 1.21 bits per heavy atom. The zero-order valence-electron chi connectivity index (χ0n) is 10.00. The van der Waals surface area contributed by atoms with Gasteiger partial charge in [-0.25, -0.2) is 0 Å². The fourth-order valence-electron chi connectivity index (χ4n) is 1.83. The van der Waals surface area contributed by atoms with Gasteiger partial charge in [-0.1, -0.05) is 30.3 Å². The molecule has 19 heavy (non-hydrogen) atoms. The van der Waals surface area contributed by atoms with Crippen LogP contribution < -0.4 is 5.56 Å². The van der Waals surface area contributed by atoms with Crippen molar-refractivity contribution >= 4 is 5.69 Å². The van der Waals surface area contributed by atoms with E-state index >= 15 is 0 Å². The van der Waals surface area contributed by atoms with E-state index in [0.29, 0.717) is 18.5 Å². The summed E-state index contributed by atoms with van der Waals surface area (Å²) >= 11 is 0. The number of rotatable bonds is 4. The molecule has 1 aromatic heterocycles. The standard InChI is InChI=1S/C13H12N2O4/c16-11-8-10(14-13(17)12(11)15(18)19)7-6-9-4-2-1-3-5-9/h1-5,8H,6-7H2,(H2,14,16,17). The molecule has 1 heterocycles. The lowest BCUT2D eigenvalue weighted by Gasteiger charge is -2.03. The first kappa shape index (κ1) is 12.8. The molecule has 0 aliphatic carbocycles. The van der Waals surface area contributed by atoms with E-state index in [1.54, 1.807) is 0 Å². The molecule has 6 heteroatoms. The van der Waals surface area contributed by atoms with Crippen molar-refractivity contribution in [1.82, 2.24) is 4.98 Å². The van der Waals surface area contributed by atoms with Gasteiger partial charge < -0.3 is 10.1 Å². The number of aryl methyl sites for hydroxylation is 2. The lowest BCUT2D eigenvalue weighted by molar-refractivity contribution is -0.387. The van der Waals surface area contributed by atoms with E-state index in [1.165, 1.54) is 6.07 Å². The number of H-pyrrole nitrogens is 1. The maximum Gasteiger partial charge on any atom is 0.375 e. The number of nitrogens with one attached hydrogen (secondary N) is 1. The minimum Gasteiger partial charge on any atom is -0.502 e. The highest BCUT2D eigenvalue weighted by Crippen LogP contribution is 2.21. The molecule has 0 unspecified atom stereocenters. The van der Waals surface area contributed by atoms with Crippen molar-refractivity contribution in [3.8, 4) is 5.75 Å². The maximum atomic E-state index is 11.5. The molecule has 2 aromatic rings. The number of aromatic nitrogens is 1. The summed E-state index contributed by atoms with van der Waals surface area (Å²) in [6.45, 7) is 0. The fraction of sp³-hybridized carbons (Fsp3) is 0.154. The Kier molecular flexibility index (Phi) is 3.61. The number of aromatic hydroxyl groups is 1. The van der Waals surface area contributed by atoms with Crippen LogP contribution in [0.3, 0.4) is 0 Å². The molecule has 1 aromatic carbocycles. The topological polar surface area (TPSA) is 96.2 Å². The van der Waals surface area contributed by atoms with Gasteiger partial charge in [0.2, 0.25) is 5.75 Å². The zero-order valence-corrected chi connectivity index (χ0v) is 10.00. The number of hydrogen-bond acceptors (Lipinski definition) is 4. The number of hydrogen-bond donors (Lipinski definition) is 2. The van der Waals surface area contributed by atoms with Crippen LogP contribution in [-0.2, 0) is 12.8 Å². The second-order valence-electron chi connectivity index (χ2n) is 4.10. The molecule has 0 aliphatic rings. The van der Waals surface area contributed by atoms with Gasteiger partial charge in [0.15, 0.2) is 0 Å². The summed E-state index contributed by atoms with van der Waals surface area (Å²) in [6.07, 6.45) is 1.17. The first-order valence-electron chi connectivity index (χ1n) is 5.71. The minimum absolute atomic E-state index is 0.469. The maximum absolute atomic E-state index is 11.5. The molecule has 0 saturated heterocycles. The molecule has 2 rings (SSSR count). The van der Waals surface area contributed by atoms with E-state index in [1.807, 2.05) is 30.3 Å². The lowest BCUT2D eigenvalue weighted by Crippen LogP contribution is -2.14. The van der Waals surface area contributed by atoms with Crippen molar-refractivity contribution in [2.24, 2.45) is 0 Å². The largest absolute Gasteiger partial charge is 0.502 e. The molecule has 0 bridgehead atoms. The van der Waals surface area contributed by atoms with Crippen molar-refractivity contribution in [2.75, 3.05) is 0 Å². The fourth-order valence-corrected chi connectivity index (χ4v) is 1.83. The van der Waals surface area contributed by atoms with Crippen LogP contribution in [0.4, 0.5) is 5.69 Å².